The van der Waals surface area contributed by atoms with Crippen LogP contribution in [0.2, 0.25) is 0 Å². The van der Waals surface area contributed by atoms with Crippen LogP contribution < -0.4 is 27.7 Å². The van der Waals surface area contributed by atoms with Crippen LogP contribution in [-0.2, 0) is 17.8 Å². The lowest BCUT2D eigenvalue weighted by molar-refractivity contribution is -0.118. The third kappa shape index (κ3) is 21.3. The highest BCUT2D eigenvalue weighted by molar-refractivity contribution is 5.95. The van der Waals surface area contributed by atoms with Crippen molar-refractivity contribution in [2.45, 2.75) is 180 Å². The van der Waals surface area contributed by atoms with E-state index in [1.165, 1.54) is 28.8 Å². The molecule has 19 nitrogen and oxygen atoms in total. The molecule has 1 amide bonds. The molecular weight excluding hydrogens is 1090 g/mol. The first-order chi connectivity index (χ1) is 41.1. The van der Waals surface area contributed by atoms with Gasteiger partial charge in [0.05, 0.1) is 50.2 Å². The monoisotopic (exact) mass is 1190 g/mol. The maximum atomic E-state index is 11.4. The average molecular weight is 1190 g/mol. The summed E-state index contributed by atoms with van der Waals surface area (Å²) in [7, 11) is 0. The van der Waals surface area contributed by atoms with E-state index < -0.39 is 16.8 Å². The van der Waals surface area contributed by atoms with Crippen molar-refractivity contribution in [2.75, 3.05) is 6.54 Å². The van der Waals surface area contributed by atoms with Crippen molar-refractivity contribution in [1.82, 2.24) is 69.6 Å². The van der Waals surface area contributed by atoms with Crippen LogP contribution in [0.25, 0.3) is 33.1 Å². The normalized spacial score (nSPS) is 11.9. The second-order valence-electron chi connectivity index (χ2n) is 23.2. The van der Waals surface area contributed by atoms with E-state index in [2.05, 4.69) is 187 Å². The molecule has 0 aliphatic carbocycles. The van der Waals surface area contributed by atoms with Gasteiger partial charge in [-0.25, -0.2) is 19.7 Å². The first kappa shape index (κ1) is 70.6. The second kappa shape index (κ2) is 33.7. The number of nitrogens with zero attached hydrogens (tertiary/aromatic N) is 8. The van der Waals surface area contributed by atoms with E-state index in [1.54, 1.807) is 12.4 Å². The molecule has 9 aromatic rings. The molecule has 0 fully saturated rings. The van der Waals surface area contributed by atoms with Crippen LogP contribution >= 0.6 is 0 Å². The number of aromatic amines is 5. The Bertz CT molecular complexity index is 3860. The molecule has 7 heterocycles. The van der Waals surface area contributed by atoms with Crippen LogP contribution in [0.4, 0.5) is 0 Å². The number of aromatic nitrogens is 12. The van der Waals surface area contributed by atoms with Crippen LogP contribution in [-0.4, -0.2) is 76.7 Å². The molecule has 6 N–H and O–H groups in total. The Hall–Kier alpha value is -8.87. The Morgan fingerprint density at radius 3 is 1.63 bits per heavy atom. The SMILES string of the molecule is C=C1NC(=O)C(C(C)C)=CN1CC.CC(C)c1c[nH]c(=O)[nH]c1=O.CC(C)c1ccc2[nH]c(=O)c(=O)[nH]c2c1.CC(C)c1ccc2nccnc2c1.CC(C)c1cnc2ccccc2n1.CCc1nc(C(C)C)c(C)[nH]1.CCn1cc(C(C)C)nc1C. The molecule has 87 heavy (non-hydrogen) atoms. The molecule has 466 valence electrons. The van der Waals surface area contributed by atoms with E-state index in [4.69, 9.17) is 0 Å². The number of aryl methyl sites for hydroxylation is 4. The fourth-order valence-corrected chi connectivity index (χ4v) is 8.60. The van der Waals surface area contributed by atoms with Crippen molar-refractivity contribution in [2.24, 2.45) is 5.92 Å². The molecule has 0 unspecified atom stereocenters. The van der Waals surface area contributed by atoms with Gasteiger partial charge in [-0.15, -0.1) is 0 Å². The predicted molar refractivity (Wildman–Crippen MR) is 354 cm³/mol. The maximum Gasteiger partial charge on any atom is 0.325 e. The van der Waals surface area contributed by atoms with E-state index >= 15 is 0 Å². The topological polar surface area (TPSA) is 262 Å². The molecule has 1 aliphatic rings. The Kier molecular flexibility index (Phi) is 27.4. The van der Waals surface area contributed by atoms with E-state index in [0.29, 0.717) is 52.0 Å². The summed E-state index contributed by atoms with van der Waals surface area (Å²) in [5.41, 5.74) is 11.8. The molecule has 0 spiro atoms. The fourth-order valence-electron chi connectivity index (χ4n) is 8.60. The van der Waals surface area contributed by atoms with Crippen molar-refractivity contribution in [3.8, 4) is 0 Å². The van der Waals surface area contributed by atoms with E-state index in [1.807, 2.05) is 100 Å². The molecule has 0 bridgehead atoms. The summed E-state index contributed by atoms with van der Waals surface area (Å²) in [6.45, 7) is 45.2. The van der Waals surface area contributed by atoms with Gasteiger partial charge in [0.25, 0.3) is 11.5 Å². The summed E-state index contributed by atoms with van der Waals surface area (Å²) in [6.07, 6.45) is 11.8. The van der Waals surface area contributed by atoms with E-state index in [-0.39, 0.29) is 23.3 Å². The largest absolute Gasteiger partial charge is 0.346 e. The zero-order valence-electron chi connectivity index (χ0n) is 54.7. The number of carbonyl (C=O) groups is 1. The lowest BCUT2D eigenvalue weighted by atomic mass is 10.0. The number of hydrogen-bond donors (Lipinski definition) is 6. The number of H-pyrrole nitrogens is 5. The highest BCUT2D eigenvalue weighted by Gasteiger charge is 2.21. The summed E-state index contributed by atoms with van der Waals surface area (Å²) in [5, 5.41) is 2.74. The van der Waals surface area contributed by atoms with E-state index in [9.17, 15) is 24.0 Å². The van der Waals surface area contributed by atoms with Crippen LogP contribution in [0.1, 0.15) is 204 Å². The standard InChI is InChI=1S/C11H12N2O2.2C11H12N2.C10H16N2O.2C9H16N2.C7H10N2O2/c1-6(2)7-3-4-8-9(5-7)13-11(15)10(14)12-8;1-8(2)9-3-4-10-11(7-9)13-6-5-12-10;1-8(2)11-7-12-9-5-3-4-6-10(9)13-11;1-5-12-6-9(7(2)3)10(13)11-8(12)4;1-5-11-6-9(7(2)3)10-8(11)4;1-5-8-10-7(4)9(11-8)6(2)3;1-4(2)5-3-8-7(11)9-6(5)10/h3-6H,1-2H3,(H,12,14)(H,13,15);2*3-8H,1-2H3;6-7H,4-5H2,1-3H3,(H,11,13);6-7H,5H2,1-4H3;6H,5H2,1-4H3,(H,10,11);3-4H,1-2H3,(H2,8,9,10,11). The minimum Gasteiger partial charge on any atom is -0.346 e. The molecule has 10 rings (SSSR count). The number of hydrogen-bond acceptors (Lipinski definition) is 12. The zero-order chi connectivity index (χ0) is 64.8. The molecule has 0 atom stereocenters. The molecular formula is C68H94N14O5. The Morgan fingerprint density at radius 1 is 0.540 bits per heavy atom. The summed E-state index contributed by atoms with van der Waals surface area (Å²) in [4.78, 5) is 96.3. The van der Waals surface area contributed by atoms with Crippen molar-refractivity contribution in [1.29, 1.82) is 0 Å². The molecule has 0 saturated carbocycles. The first-order valence-corrected chi connectivity index (χ1v) is 30.2. The summed E-state index contributed by atoms with van der Waals surface area (Å²) in [5.74, 6) is 5.71. The van der Waals surface area contributed by atoms with Gasteiger partial charge in [-0.1, -0.05) is 135 Å². The zero-order valence-corrected chi connectivity index (χ0v) is 54.7. The molecule has 0 radical (unpaired) electrons. The van der Waals surface area contributed by atoms with E-state index in [0.717, 1.165) is 70.1 Å². The first-order valence-electron chi connectivity index (χ1n) is 30.2. The number of benzene rings is 3. The van der Waals surface area contributed by atoms with Gasteiger partial charge in [0.1, 0.15) is 17.5 Å². The van der Waals surface area contributed by atoms with Gasteiger partial charge >= 0.3 is 16.8 Å². The number of nitrogens with one attached hydrogen (secondary N) is 6. The van der Waals surface area contributed by atoms with Crippen molar-refractivity contribution in [3.63, 3.8) is 0 Å². The summed E-state index contributed by atoms with van der Waals surface area (Å²) >= 11 is 0. The number of amides is 1. The van der Waals surface area contributed by atoms with Gasteiger partial charge < -0.3 is 34.7 Å². The number of imidazole rings is 2. The summed E-state index contributed by atoms with van der Waals surface area (Å²) in [6, 6.07) is 19.8. The highest BCUT2D eigenvalue weighted by Crippen LogP contribution is 2.21. The smallest absolute Gasteiger partial charge is 0.325 e. The van der Waals surface area contributed by atoms with Gasteiger partial charge in [0.15, 0.2) is 0 Å². The minimum atomic E-state index is -0.611. The van der Waals surface area contributed by atoms with Gasteiger partial charge in [0.2, 0.25) is 0 Å². The van der Waals surface area contributed by atoms with Gasteiger partial charge in [-0.3, -0.25) is 39.1 Å². The Labute approximate surface area is 512 Å². The fraction of sp³-hybridized carbons (Fsp3) is 0.426. The van der Waals surface area contributed by atoms with Crippen LogP contribution in [0.3, 0.4) is 0 Å². The maximum absolute atomic E-state index is 11.4. The summed E-state index contributed by atoms with van der Waals surface area (Å²) < 4.78 is 2.18. The molecule has 6 aromatic heterocycles. The highest BCUT2D eigenvalue weighted by atomic mass is 16.2. The molecule has 1 aliphatic heterocycles. The number of carbonyl (C=O) groups excluding carboxylic acids is 1. The van der Waals surface area contributed by atoms with Gasteiger partial charge in [0, 0.05) is 73.5 Å². The molecule has 0 saturated heterocycles. The van der Waals surface area contributed by atoms with Gasteiger partial charge in [-0.2, -0.15) is 0 Å². The minimum absolute atomic E-state index is 0.0234. The van der Waals surface area contributed by atoms with Crippen molar-refractivity contribution < 1.29 is 4.79 Å². The lowest BCUT2D eigenvalue weighted by Gasteiger charge is -2.28. The third-order valence-corrected chi connectivity index (χ3v) is 14.0. The predicted octanol–water partition coefficient (Wildman–Crippen LogP) is 13.2. The number of para-hydroxylation sites is 2. The lowest BCUT2D eigenvalue weighted by Crippen LogP contribution is -2.39. The number of rotatable bonds is 10. The molecule has 3 aromatic carbocycles. The van der Waals surface area contributed by atoms with Crippen molar-refractivity contribution >= 4 is 39.0 Å². The Balaban J connectivity index is 0.000000218. The van der Waals surface area contributed by atoms with Gasteiger partial charge in [-0.05, 0) is 117 Å². The second-order valence-corrected chi connectivity index (χ2v) is 23.2. The van der Waals surface area contributed by atoms with Crippen molar-refractivity contribution in [3.05, 3.63) is 208 Å². The third-order valence-electron chi connectivity index (χ3n) is 14.0. The quantitative estimate of drug-likeness (QED) is 0.0699. The van der Waals surface area contributed by atoms with Crippen LogP contribution in [0.15, 0.2) is 135 Å². The average Bonchev–Trinajstić information content (AvgIpc) is 3.64. The van der Waals surface area contributed by atoms with Crippen LogP contribution in [0, 0.1) is 19.8 Å². The number of fused-ring (bicyclic) bond motifs is 3. The molecule has 19 heteroatoms. The Morgan fingerprint density at radius 2 is 1.13 bits per heavy atom. The van der Waals surface area contributed by atoms with Crippen LogP contribution in [0.5, 0.6) is 0 Å².